The average Bonchev–Trinajstić information content (AvgIpc) is 3.34. The maximum Gasteiger partial charge on any atom is 0.262 e. The van der Waals surface area contributed by atoms with Crippen LogP contribution in [0.3, 0.4) is 0 Å². The molecule has 6 nitrogen and oxygen atoms in total. The summed E-state index contributed by atoms with van der Waals surface area (Å²) >= 11 is 0. The van der Waals surface area contributed by atoms with Gasteiger partial charge in [0, 0.05) is 29.8 Å². The maximum absolute atomic E-state index is 13.5. The van der Waals surface area contributed by atoms with Crippen LogP contribution >= 0.6 is 0 Å². The largest absolute Gasteiger partial charge is 0.497 e. The molecule has 1 aliphatic rings. The van der Waals surface area contributed by atoms with Gasteiger partial charge in [0.25, 0.3) is 5.91 Å². The van der Waals surface area contributed by atoms with Crippen LogP contribution in [0.25, 0.3) is 5.69 Å². The number of fused-ring (bicyclic) bond motifs is 1. The Morgan fingerprint density at radius 2 is 1.80 bits per heavy atom. The van der Waals surface area contributed by atoms with Gasteiger partial charge in [-0.3, -0.25) is 9.69 Å². The van der Waals surface area contributed by atoms with E-state index in [1.165, 1.54) is 0 Å². The van der Waals surface area contributed by atoms with Gasteiger partial charge in [-0.2, -0.15) is 0 Å². The lowest BCUT2D eigenvalue weighted by molar-refractivity contribution is 0.0975. The minimum Gasteiger partial charge on any atom is -0.497 e. The van der Waals surface area contributed by atoms with Crippen LogP contribution in [-0.4, -0.2) is 22.6 Å². The van der Waals surface area contributed by atoms with Gasteiger partial charge < -0.3 is 14.6 Å². The molecule has 1 aliphatic heterocycles. The van der Waals surface area contributed by atoms with Gasteiger partial charge in [0.05, 0.1) is 24.7 Å². The first-order valence-electron chi connectivity index (χ1n) is 9.66. The highest BCUT2D eigenvalue weighted by Gasteiger charge is 2.34. The molecular weight excluding hydrogens is 376 g/mol. The molecule has 0 spiro atoms. The molecule has 148 valence electrons. The van der Waals surface area contributed by atoms with Crippen molar-refractivity contribution in [3.8, 4) is 11.4 Å². The van der Waals surface area contributed by atoms with E-state index in [0.717, 1.165) is 22.6 Å². The molecule has 6 heteroatoms. The van der Waals surface area contributed by atoms with Gasteiger partial charge in [0.2, 0.25) is 0 Å². The molecule has 30 heavy (non-hydrogen) atoms. The molecule has 0 radical (unpaired) electrons. The first-order valence-corrected chi connectivity index (χ1v) is 9.66. The quantitative estimate of drug-likeness (QED) is 0.545. The molecule has 0 fully saturated rings. The van der Waals surface area contributed by atoms with Crippen LogP contribution in [0.15, 0.2) is 91.5 Å². The van der Waals surface area contributed by atoms with E-state index in [-0.39, 0.29) is 12.1 Å². The molecule has 0 saturated carbocycles. The zero-order valence-electron chi connectivity index (χ0n) is 16.4. The summed E-state index contributed by atoms with van der Waals surface area (Å²) in [4.78, 5) is 19.4. The fraction of sp³-hybridized carbons (Fsp3) is 0.0833. The standard InChI is InChI=1S/C24H20N4O2/c1-30-20-6-4-5-19(15-20)28-23(26-22-8-3-2-7-21(22)24(28)29)17-9-11-18(12-10-17)27-14-13-25-16-27/h2-16,23,26H,1H3/t23-/m1/s1. The zero-order chi connectivity index (χ0) is 20.5. The van der Waals surface area contributed by atoms with Crippen LogP contribution in [0, 0.1) is 0 Å². The summed E-state index contributed by atoms with van der Waals surface area (Å²) in [6.45, 7) is 0. The van der Waals surface area contributed by atoms with Crippen molar-refractivity contribution in [2.24, 2.45) is 0 Å². The van der Waals surface area contributed by atoms with Crippen LogP contribution in [0.1, 0.15) is 22.1 Å². The molecule has 0 bridgehead atoms. The number of ether oxygens (including phenoxy) is 1. The van der Waals surface area contributed by atoms with Gasteiger partial charge in [0.1, 0.15) is 11.9 Å². The summed E-state index contributed by atoms with van der Waals surface area (Å²) < 4.78 is 7.32. The molecule has 4 aromatic rings. The number of para-hydroxylation sites is 1. The Kier molecular flexibility index (Phi) is 4.44. The fourth-order valence-electron chi connectivity index (χ4n) is 3.75. The normalized spacial score (nSPS) is 15.4. The number of methoxy groups -OCH3 is 1. The Morgan fingerprint density at radius 3 is 2.57 bits per heavy atom. The fourth-order valence-corrected chi connectivity index (χ4v) is 3.75. The van der Waals surface area contributed by atoms with E-state index in [1.54, 1.807) is 24.5 Å². The van der Waals surface area contributed by atoms with Crippen molar-refractivity contribution < 1.29 is 9.53 Å². The number of hydrogen-bond donors (Lipinski definition) is 1. The number of aromatic nitrogens is 2. The van der Waals surface area contributed by atoms with E-state index in [1.807, 2.05) is 83.6 Å². The van der Waals surface area contributed by atoms with E-state index >= 15 is 0 Å². The summed E-state index contributed by atoms with van der Waals surface area (Å²) in [6.07, 6.45) is 5.06. The van der Waals surface area contributed by atoms with Crippen LogP contribution in [-0.2, 0) is 0 Å². The van der Waals surface area contributed by atoms with Crippen molar-refractivity contribution in [3.05, 3.63) is 103 Å². The van der Waals surface area contributed by atoms with Crippen molar-refractivity contribution in [1.82, 2.24) is 9.55 Å². The predicted molar refractivity (Wildman–Crippen MR) is 116 cm³/mol. The summed E-state index contributed by atoms with van der Waals surface area (Å²) in [6, 6.07) is 23.2. The van der Waals surface area contributed by atoms with Crippen LogP contribution in [0.4, 0.5) is 11.4 Å². The van der Waals surface area contributed by atoms with Crippen LogP contribution in [0.2, 0.25) is 0 Å². The minimum atomic E-state index is -0.351. The number of carbonyl (C=O) groups excluding carboxylic acids is 1. The molecule has 1 N–H and O–H groups in total. The average molecular weight is 396 g/mol. The summed E-state index contributed by atoms with van der Waals surface area (Å²) in [5, 5.41) is 3.53. The van der Waals surface area contributed by atoms with E-state index in [4.69, 9.17) is 4.74 Å². The molecule has 3 aromatic carbocycles. The maximum atomic E-state index is 13.5. The zero-order valence-corrected chi connectivity index (χ0v) is 16.4. The first kappa shape index (κ1) is 18.0. The van der Waals surface area contributed by atoms with Crippen LogP contribution < -0.4 is 15.0 Å². The lowest BCUT2D eigenvalue weighted by Crippen LogP contribution is -2.43. The number of nitrogens with zero attached hydrogens (tertiary/aromatic N) is 3. The molecule has 0 aliphatic carbocycles. The van der Waals surface area contributed by atoms with Gasteiger partial charge in [0.15, 0.2) is 0 Å². The molecule has 1 aromatic heterocycles. The molecule has 0 saturated heterocycles. The molecule has 1 atom stereocenters. The van der Waals surface area contributed by atoms with Gasteiger partial charge in [-0.15, -0.1) is 0 Å². The topological polar surface area (TPSA) is 59.4 Å². The highest BCUT2D eigenvalue weighted by Crippen LogP contribution is 2.37. The molecular formula is C24H20N4O2. The number of amides is 1. The highest BCUT2D eigenvalue weighted by molar-refractivity contribution is 6.12. The van der Waals surface area contributed by atoms with E-state index in [2.05, 4.69) is 10.3 Å². The van der Waals surface area contributed by atoms with Gasteiger partial charge in [-0.05, 0) is 42.0 Å². The summed E-state index contributed by atoms with van der Waals surface area (Å²) in [7, 11) is 1.62. The second-order valence-electron chi connectivity index (χ2n) is 7.03. The number of imidazole rings is 1. The Morgan fingerprint density at radius 1 is 0.967 bits per heavy atom. The second-order valence-corrected chi connectivity index (χ2v) is 7.03. The van der Waals surface area contributed by atoms with Crippen molar-refractivity contribution in [3.63, 3.8) is 0 Å². The smallest absolute Gasteiger partial charge is 0.262 e. The number of benzene rings is 3. The van der Waals surface area contributed by atoms with E-state index < -0.39 is 0 Å². The van der Waals surface area contributed by atoms with Gasteiger partial charge >= 0.3 is 0 Å². The van der Waals surface area contributed by atoms with E-state index in [9.17, 15) is 4.79 Å². The minimum absolute atomic E-state index is 0.0544. The summed E-state index contributed by atoms with van der Waals surface area (Å²) in [5.74, 6) is 0.648. The second kappa shape index (κ2) is 7.40. The highest BCUT2D eigenvalue weighted by atomic mass is 16.5. The molecule has 0 unspecified atom stereocenters. The third kappa shape index (κ3) is 3.08. The Labute approximate surface area is 174 Å². The lowest BCUT2D eigenvalue weighted by atomic mass is 10.0. The third-order valence-corrected chi connectivity index (χ3v) is 5.27. The number of hydrogen-bond acceptors (Lipinski definition) is 4. The molecule has 2 heterocycles. The number of nitrogens with one attached hydrogen (secondary N) is 1. The Balaban J connectivity index is 1.59. The molecule has 1 amide bonds. The number of anilines is 2. The third-order valence-electron chi connectivity index (χ3n) is 5.27. The SMILES string of the molecule is COc1cccc(N2C(=O)c3ccccc3N[C@H]2c2ccc(-n3ccnc3)cc2)c1. The van der Waals surface area contributed by atoms with Crippen molar-refractivity contribution >= 4 is 17.3 Å². The van der Waals surface area contributed by atoms with Crippen LogP contribution in [0.5, 0.6) is 5.75 Å². The Bertz CT molecular complexity index is 1190. The predicted octanol–water partition coefficient (Wildman–Crippen LogP) is 4.65. The Hall–Kier alpha value is -4.06. The lowest BCUT2D eigenvalue weighted by Gasteiger charge is -2.38. The monoisotopic (exact) mass is 396 g/mol. The van der Waals surface area contributed by atoms with Crippen molar-refractivity contribution in [1.29, 1.82) is 0 Å². The first-order chi connectivity index (χ1) is 14.7. The van der Waals surface area contributed by atoms with Crippen molar-refractivity contribution in [2.45, 2.75) is 6.17 Å². The number of rotatable bonds is 4. The number of carbonyl (C=O) groups is 1. The van der Waals surface area contributed by atoms with Gasteiger partial charge in [-0.25, -0.2) is 4.98 Å². The van der Waals surface area contributed by atoms with E-state index in [0.29, 0.717) is 11.3 Å². The van der Waals surface area contributed by atoms with Crippen molar-refractivity contribution in [2.75, 3.05) is 17.3 Å². The molecule has 5 rings (SSSR count). The summed E-state index contributed by atoms with van der Waals surface area (Å²) in [5.41, 5.74) is 4.22. The van der Waals surface area contributed by atoms with Gasteiger partial charge in [-0.1, -0.05) is 30.3 Å².